The van der Waals surface area contributed by atoms with Crippen molar-refractivity contribution in [3.05, 3.63) is 66.4 Å². The fraction of sp³-hybridized carbons (Fsp3) is 0.200. The van der Waals surface area contributed by atoms with Crippen molar-refractivity contribution >= 4 is 32.5 Å². The summed E-state index contributed by atoms with van der Waals surface area (Å²) >= 11 is 0. The summed E-state index contributed by atoms with van der Waals surface area (Å²) in [5, 5.41) is 3.71. The summed E-state index contributed by atoms with van der Waals surface area (Å²) in [5.41, 5.74) is 1.48. The molecule has 0 spiro atoms. The molecule has 0 radical (unpaired) electrons. The highest BCUT2D eigenvalue weighted by molar-refractivity contribution is 7.89. The Kier molecular flexibility index (Phi) is 6.35. The molecule has 0 aliphatic heterocycles. The van der Waals surface area contributed by atoms with E-state index in [1.54, 1.807) is 31.5 Å². The topological polar surface area (TPSA) is 97.4 Å². The van der Waals surface area contributed by atoms with Crippen molar-refractivity contribution in [2.45, 2.75) is 11.3 Å². The highest BCUT2D eigenvalue weighted by Gasteiger charge is 2.16. The molecule has 0 atom stereocenters. The van der Waals surface area contributed by atoms with Crippen molar-refractivity contribution in [3.63, 3.8) is 0 Å². The second-order valence-electron chi connectivity index (χ2n) is 6.11. The largest absolute Gasteiger partial charge is 0.385 e. The Morgan fingerprint density at radius 1 is 1.11 bits per heavy atom. The summed E-state index contributed by atoms with van der Waals surface area (Å²) in [6.07, 6.45) is 2.21. The van der Waals surface area contributed by atoms with Crippen molar-refractivity contribution in [1.29, 1.82) is 0 Å². The molecule has 1 aromatic heterocycles. The van der Waals surface area contributed by atoms with E-state index in [9.17, 15) is 13.2 Å². The molecule has 2 aromatic carbocycles. The van der Waals surface area contributed by atoms with Gasteiger partial charge in [-0.15, -0.1) is 0 Å². The molecule has 146 valence electrons. The predicted molar refractivity (Wildman–Crippen MR) is 108 cm³/mol. The van der Waals surface area contributed by atoms with Crippen LogP contribution in [-0.2, 0) is 14.8 Å². The molecular formula is C20H21N3O4S. The molecule has 0 aliphatic rings. The van der Waals surface area contributed by atoms with Gasteiger partial charge in [0, 0.05) is 37.4 Å². The summed E-state index contributed by atoms with van der Waals surface area (Å²) < 4.78 is 32.2. The van der Waals surface area contributed by atoms with Crippen molar-refractivity contribution in [3.8, 4) is 0 Å². The van der Waals surface area contributed by atoms with E-state index in [2.05, 4.69) is 15.0 Å². The third-order valence-electron chi connectivity index (χ3n) is 4.10. The number of anilines is 1. The van der Waals surface area contributed by atoms with Gasteiger partial charge < -0.3 is 10.1 Å². The SMILES string of the molecule is COCCCNS(=O)(=O)c1cccc(C(=O)Nc2cccc3cccnc23)c1. The van der Waals surface area contributed by atoms with Gasteiger partial charge in [-0.05, 0) is 36.8 Å². The zero-order chi connectivity index (χ0) is 20.0. The van der Waals surface area contributed by atoms with Gasteiger partial charge in [0.1, 0.15) is 0 Å². The second-order valence-corrected chi connectivity index (χ2v) is 7.87. The predicted octanol–water partition coefficient (Wildman–Crippen LogP) is 2.80. The third kappa shape index (κ3) is 4.72. The van der Waals surface area contributed by atoms with Crippen molar-refractivity contribution in [1.82, 2.24) is 9.71 Å². The number of benzene rings is 2. The number of ether oxygens (including phenoxy) is 1. The quantitative estimate of drug-likeness (QED) is 0.568. The minimum absolute atomic E-state index is 0.0358. The minimum atomic E-state index is -3.70. The average Bonchev–Trinajstić information content (AvgIpc) is 2.71. The summed E-state index contributed by atoms with van der Waals surface area (Å²) in [7, 11) is -2.14. The Morgan fingerprint density at radius 2 is 1.89 bits per heavy atom. The van der Waals surface area contributed by atoms with Crippen LogP contribution in [0.1, 0.15) is 16.8 Å². The molecule has 0 saturated carbocycles. The number of rotatable bonds is 8. The van der Waals surface area contributed by atoms with Gasteiger partial charge in [-0.3, -0.25) is 9.78 Å². The lowest BCUT2D eigenvalue weighted by atomic mass is 10.1. The number of hydrogen-bond donors (Lipinski definition) is 2. The first kappa shape index (κ1) is 19.9. The molecule has 8 heteroatoms. The van der Waals surface area contributed by atoms with E-state index in [-0.39, 0.29) is 17.0 Å². The Hall–Kier alpha value is -2.81. The number of pyridine rings is 1. The maximum Gasteiger partial charge on any atom is 0.255 e. The van der Waals surface area contributed by atoms with E-state index in [4.69, 9.17) is 4.74 Å². The summed E-state index contributed by atoms with van der Waals surface area (Å²) in [4.78, 5) is 17.0. The van der Waals surface area contributed by atoms with Gasteiger partial charge >= 0.3 is 0 Å². The highest BCUT2D eigenvalue weighted by Crippen LogP contribution is 2.21. The Balaban J connectivity index is 1.78. The van der Waals surface area contributed by atoms with Crippen LogP contribution in [0.25, 0.3) is 10.9 Å². The molecule has 0 aliphatic carbocycles. The number of sulfonamides is 1. The number of aromatic nitrogens is 1. The third-order valence-corrected chi connectivity index (χ3v) is 5.56. The number of fused-ring (bicyclic) bond motifs is 1. The van der Waals surface area contributed by atoms with E-state index >= 15 is 0 Å². The monoisotopic (exact) mass is 399 g/mol. The molecule has 2 N–H and O–H groups in total. The van der Waals surface area contributed by atoms with Crippen molar-refractivity contribution in [2.75, 3.05) is 25.6 Å². The highest BCUT2D eigenvalue weighted by atomic mass is 32.2. The van der Waals surface area contributed by atoms with Crippen LogP contribution in [0, 0.1) is 0 Å². The lowest BCUT2D eigenvalue weighted by Gasteiger charge is -2.10. The zero-order valence-corrected chi connectivity index (χ0v) is 16.2. The van der Waals surface area contributed by atoms with Crippen molar-refractivity contribution in [2.24, 2.45) is 0 Å². The smallest absolute Gasteiger partial charge is 0.255 e. The van der Waals surface area contributed by atoms with Crippen molar-refractivity contribution < 1.29 is 17.9 Å². The molecule has 0 unspecified atom stereocenters. The summed E-state index contributed by atoms with van der Waals surface area (Å²) in [6, 6.07) is 15.1. The van der Waals surface area contributed by atoms with Crippen LogP contribution in [0.3, 0.4) is 0 Å². The number of methoxy groups -OCH3 is 1. The molecular weight excluding hydrogens is 378 g/mol. The Morgan fingerprint density at radius 3 is 2.71 bits per heavy atom. The van der Waals surface area contributed by atoms with E-state index in [1.807, 2.05) is 24.3 Å². The van der Waals surface area contributed by atoms with Gasteiger partial charge in [-0.1, -0.05) is 24.3 Å². The molecule has 0 bridgehead atoms. The maximum absolute atomic E-state index is 12.7. The van der Waals surface area contributed by atoms with Gasteiger partial charge in [0.2, 0.25) is 10.0 Å². The second kappa shape index (κ2) is 8.92. The number of para-hydroxylation sites is 1. The summed E-state index contributed by atoms with van der Waals surface area (Å²) in [5.74, 6) is -0.408. The summed E-state index contributed by atoms with van der Waals surface area (Å²) in [6.45, 7) is 0.721. The number of amides is 1. The molecule has 0 fully saturated rings. The van der Waals surface area contributed by atoms with Gasteiger partial charge in [-0.25, -0.2) is 13.1 Å². The number of hydrogen-bond acceptors (Lipinski definition) is 5. The van der Waals surface area contributed by atoms with Gasteiger partial charge in [-0.2, -0.15) is 0 Å². The van der Waals surface area contributed by atoms with Gasteiger partial charge in [0.05, 0.1) is 16.1 Å². The van der Waals surface area contributed by atoms with Crippen LogP contribution in [0.2, 0.25) is 0 Å². The molecule has 28 heavy (non-hydrogen) atoms. The van der Waals surface area contributed by atoms with Crippen LogP contribution in [0.5, 0.6) is 0 Å². The molecule has 1 heterocycles. The van der Waals surface area contributed by atoms with E-state index in [1.165, 1.54) is 12.1 Å². The Labute approximate surface area is 163 Å². The van der Waals surface area contributed by atoms with Gasteiger partial charge in [0.25, 0.3) is 5.91 Å². The maximum atomic E-state index is 12.7. The molecule has 7 nitrogen and oxygen atoms in total. The molecule has 3 aromatic rings. The van der Waals surface area contributed by atoms with Crippen LogP contribution in [0.15, 0.2) is 65.7 Å². The van der Waals surface area contributed by atoms with E-state index in [0.29, 0.717) is 24.2 Å². The first-order valence-electron chi connectivity index (χ1n) is 8.75. The van der Waals surface area contributed by atoms with Crippen LogP contribution < -0.4 is 10.0 Å². The van der Waals surface area contributed by atoms with E-state index < -0.39 is 15.9 Å². The van der Waals surface area contributed by atoms with Crippen LogP contribution in [0.4, 0.5) is 5.69 Å². The van der Waals surface area contributed by atoms with Crippen LogP contribution >= 0.6 is 0 Å². The lowest BCUT2D eigenvalue weighted by molar-refractivity contribution is 0.102. The first-order valence-corrected chi connectivity index (χ1v) is 10.2. The van der Waals surface area contributed by atoms with E-state index in [0.717, 1.165) is 5.39 Å². The number of nitrogens with zero attached hydrogens (tertiary/aromatic N) is 1. The molecule has 3 rings (SSSR count). The van der Waals surface area contributed by atoms with Crippen LogP contribution in [-0.4, -0.2) is 39.6 Å². The first-order chi connectivity index (χ1) is 13.5. The number of nitrogens with one attached hydrogen (secondary N) is 2. The Bertz CT molecular complexity index is 1080. The normalized spacial score (nSPS) is 11.5. The molecule has 0 saturated heterocycles. The lowest BCUT2D eigenvalue weighted by Crippen LogP contribution is -2.26. The minimum Gasteiger partial charge on any atom is -0.385 e. The molecule has 1 amide bonds. The fourth-order valence-corrected chi connectivity index (χ4v) is 3.83. The average molecular weight is 399 g/mol. The number of carbonyl (C=O) groups is 1. The zero-order valence-electron chi connectivity index (χ0n) is 15.4. The number of carbonyl (C=O) groups excluding carboxylic acids is 1. The fourth-order valence-electron chi connectivity index (χ4n) is 2.71. The standard InChI is InChI=1S/C20H21N3O4S/c1-27-13-5-12-22-28(25,26)17-9-2-7-16(14-17)20(24)23-18-10-3-6-15-8-4-11-21-19(15)18/h2-4,6-11,14,22H,5,12-13H2,1H3,(H,23,24). The van der Waals surface area contributed by atoms with Gasteiger partial charge in [0.15, 0.2) is 0 Å².